The van der Waals surface area contributed by atoms with Gasteiger partial charge < -0.3 is 9.64 Å². The molecule has 0 bridgehead atoms. The maximum absolute atomic E-state index is 12.3. The maximum atomic E-state index is 12.3. The average Bonchev–Trinajstić information content (AvgIpc) is 3.10. The molecular weight excluding hydrogens is 302 g/mol. The molecule has 7 heteroatoms. The standard InChI is InChI=1S/C15H23N3O3S/c19-22(20,18-7-3-4-8-18)16-13-14-5-1-2-6-15(14)17-9-11-21-12-10-17/h1-2,5-6,16H,3-4,7-13H2. The number of benzene rings is 1. The van der Waals surface area contributed by atoms with Crippen molar-refractivity contribution in [1.29, 1.82) is 0 Å². The lowest BCUT2D eigenvalue weighted by atomic mass is 10.1. The van der Waals surface area contributed by atoms with Gasteiger partial charge in [0.25, 0.3) is 10.2 Å². The summed E-state index contributed by atoms with van der Waals surface area (Å²) in [6.45, 7) is 4.70. The van der Waals surface area contributed by atoms with Crippen LogP contribution in [0.2, 0.25) is 0 Å². The summed E-state index contributed by atoms with van der Waals surface area (Å²) in [5, 5.41) is 0. The number of para-hydroxylation sites is 1. The minimum Gasteiger partial charge on any atom is -0.378 e. The van der Waals surface area contributed by atoms with Gasteiger partial charge in [-0.05, 0) is 24.5 Å². The van der Waals surface area contributed by atoms with Gasteiger partial charge in [0, 0.05) is 38.4 Å². The third-order valence-electron chi connectivity index (χ3n) is 4.19. The topological polar surface area (TPSA) is 61.9 Å². The molecule has 2 saturated heterocycles. The van der Waals surface area contributed by atoms with E-state index in [0.29, 0.717) is 32.8 Å². The second kappa shape index (κ2) is 6.95. The summed E-state index contributed by atoms with van der Waals surface area (Å²) in [6, 6.07) is 7.97. The normalized spacial score (nSPS) is 20.5. The third kappa shape index (κ3) is 3.60. The van der Waals surface area contributed by atoms with E-state index in [1.54, 1.807) is 0 Å². The lowest BCUT2D eigenvalue weighted by molar-refractivity contribution is 0.122. The van der Waals surface area contributed by atoms with Crippen LogP contribution in [0.5, 0.6) is 0 Å². The number of hydrogen-bond donors (Lipinski definition) is 1. The molecule has 0 spiro atoms. The molecule has 0 saturated carbocycles. The van der Waals surface area contributed by atoms with Gasteiger partial charge in [-0.15, -0.1) is 0 Å². The molecule has 6 nitrogen and oxygen atoms in total. The van der Waals surface area contributed by atoms with Crippen molar-refractivity contribution in [2.75, 3.05) is 44.3 Å². The van der Waals surface area contributed by atoms with Crippen molar-refractivity contribution in [3.05, 3.63) is 29.8 Å². The van der Waals surface area contributed by atoms with Crippen molar-refractivity contribution in [3.8, 4) is 0 Å². The molecule has 0 aromatic heterocycles. The molecule has 2 aliphatic rings. The van der Waals surface area contributed by atoms with E-state index >= 15 is 0 Å². The molecule has 0 unspecified atom stereocenters. The maximum Gasteiger partial charge on any atom is 0.279 e. The van der Waals surface area contributed by atoms with E-state index in [9.17, 15) is 8.42 Å². The SMILES string of the molecule is O=S(=O)(NCc1ccccc1N1CCOCC1)N1CCCC1. The summed E-state index contributed by atoms with van der Waals surface area (Å²) in [5.41, 5.74) is 2.10. The van der Waals surface area contributed by atoms with Crippen LogP contribution in [0.25, 0.3) is 0 Å². The Kier molecular flexibility index (Phi) is 4.97. The van der Waals surface area contributed by atoms with Gasteiger partial charge in [0.15, 0.2) is 0 Å². The first-order valence-electron chi connectivity index (χ1n) is 7.82. The first-order chi connectivity index (χ1) is 10.7. The van der Waals surface area contributed by atoms with Gasteiger partial charge in [0.05, 0.1) is 13.2 Å². The lowest BCUT2D eigenvalue weighted by Gasteiger charge is -2.30. The molecular formula is C15H23N3O3S. The quantitative estimate of drug-likeness (QED) is 0.876. The van der Waals surface area contributed by atoms with Crippen LogP contribution in [-0.4, -0.2) is 52.1 Å². The third-order valence-corrected chi connectivity index (χ3v) is 5.75. The Morgan fingerprint density at radius 1 is 1.05 bits per heavy atom. The van der Waals surface area contributed by atoms with Gasteiger partial charge in [0.2, 0.25) is 0 Å². The molecule has 1 aromatic carbocycles. The van der Waals surface area contributed by atoms with Gasteiger partial charge in [-0.2, -0.15) is 17.4 Å². The molecule has 3 rings (SSSR count). The molecule has 122 valence electrons. The Morgan fingerprint density at radius 3 is 2.45 bits per heavy atom. The highest BCUT2D eigenvalue weighted by atomic mass is 32.2. The van der Waals surface area contributed by atoms with Crippen molar-refractivity contribution in [2.24, 2.45) is 0 Å². The molecule has 0 aliphatic carbocycles. The van der Waals surface area contributed by atoms with E-state index in [4.69, 9.17) is 4.74 Å². The summed E-state index contributed by atoms with van der Waals surface area (Å²) in [5.74, 6) is 0. The predicted molar refractivity (Wildman–Crippen MR) is 86.0 cm³/mol. The summed E-state index contributed by atoms with van der Waals surface area (Å²) in [6.07, 6.45) is 1.90. The van der Waals surface area contributed by atoms with Crippen LogP contribution >= 0.6 is 0 Å². The lowest BCUT2D eigenvalue weighted by Crippen LogP contribution is -2.39. The van der Waals surface area contributed by atoms with E-state index < -0.39 is 10.2 Å². The zero-order valence-electron chi connectivity index (χ0n) is 12.7. The second-order valence-corrected chi connectivity index (χ2v) is 7.42. The molecule has 2 fully saturated rings. The van der Waals surface area contributed by atoms with Crippen molar-refractivity contribution in [2.45, 2.75) is 19.4 Å². The Morgan fingerprint density at radius 2 is 1.73 bits per heavy atom. The molecule has 1 N–H and O–H groups in total. The molecule has 22 heavy (non-hydrogen) atoms. The number of anilines is 1. The van der Waals surface area contributed by atoms with Crippen LogP contribution in [-0.2, 0) is 21.5 Å². The number of hydrogen-bond acceptors (Lipinski definition) is 4. The van der Waals surface area contributed by atoms with Gasteiger partial charge in [-0.25, -0.2) is 0 Å². The molecule has 1 aromatic rings. The predicted octanol–water partition coefficient (Wildman–Crippen LogP) is 0.953. The highest BCUT2D eigenvalue weighted by Gasteiger charge is 2.25. The molecule has 0 amide bonds. The minimum atomic E-state index is -3.37. The Hall–Kier alpha value is -1.15. The van der Waals surface area contributed by atoms with Crippen LogP contribution in [0, 0.1) is 0 Å². The fourth-order valence-electron chi connectivity index (χ4n) is 2.96. The van der Waals surface area contributed by atoms with Gasteiger partial charge >= 0.3 is 0 Å². The van der Waals surface area contributed by atoms with Crippen LogP contribution in [0.4, 0.5) is 5.69 Å². The molecule has 2 aliphatic heterocycles. The van der Waals surface area contributed by atoms with E-state index in [-0.39, 0.29) is 0 Å². The van der Waals surface area contributed by atoms with Gasteiger partial charge in [0.1, 0.15) is 0 Å². The fraction of sp³-hybridized carbons (Fsp3) is 0.600. The van der Waals surface area contributed by atoms with E-state index in [1.165, 1.54) is 4.31 Å². The van der Waals surface area contributed by atoms with Crippen LogP contribution in [0.1, 0.15) is 18.4 Å². The molecule has 0 atom stereocenters. The van der Waals surface area contributed by atoms with Crippen molar-refractivity contribution < 1.29 is 13.2 Å². The van der Waals surface area contributed by atoms with Crippen LogP contribution < -0.4 is 9.62 Å². The molecule has 0 radical (unpaired) electrons. The highest BCUT2D eigenvalue weighted by molar-refractivity contribution is 7.87. The van der Waals surface area contributed by atoms with E-state index in [0.717, 1.165) is 37.2 Å². The summed E-state index contributed by atoms with van der Waals surface area (Å²) >= 11 is 0. The summed E-state index contributed by atoms with van der Waals surface area (Å²) in [7, 11) is -3.37. The van der Waals surface area contributed by atoms with Crippen molar-refractivity contribution >= 4 is 15.9 Å². The van der Waals surface area contributed by atoms with Crippen molar-refractivity contribution in [3.63, 3.8) is 0 Å². The Labute approximate surface area is 132 Å². The highest BCUT2D eigenvalue weighted by Crippen LogP contribution is 2.22. The van der Waals surface area contributed by atoms with Gasteiger partial charge in [-0.1, -0.05) is 18.2 Å². The van der Waals surface area contributed by atoms with Crippen LogP contribution in [0.3, 0.4) is 0 Å². The minimum absolute atomic E-state index is 0.326. The Bertz CT molecular complexity index is 594. The van der Waals surface area contributed by atoms with E-state index in [2.05, 4.69) is 9.62 Å². The zero-order chi connectivity index (χ0) is 15.4. The van der Waals surface area contributed by atoms with Gasteiger partial charge in [-0.3, -0.25) is 0 Å². The fourth-order valence-corrected chi connectivity index (χ4v) is 4.22. The number of rotatable bonds is 5. The first-order valence-corrected chi connectivity index (χ1v) is 9.26. The van der Waals surface area contributed by atoms with E-state index in [1.807, 2.05) is 24.3 Å². The smallest absolute Gasteiger partial charge is 0.279 e. The number of nitrogens with one attached hydrogen (secondary N) is 1. The number of nitrogens with zero attached hydrogens (tertiary/aromatic N) is 2. The second-order valence-electron chi connectivity index (χ2n) is 5.66. The summed E-state index contributed by atoms with van der Waals surface area (Å²) < 4.78 is 34.2. The largest absolute Gasteiger partial charge is 0.378 e. The first kappa shape index (κ1) is 15.7. The summed E-state index contributed by atoms with van der Waals surface area (Å²) in [4.78, 5) is 2.25. The number of morpholine rings is 1. The van der Waals surface area contributed by atoms with Crippen molar-refractivity contribution in [1.82, 2.24) is 9.03 Å². The molecule has 2 heterocycles. The monoisotopic (exact) mass is 325 g/mol. The average molecular weight is 325 g/mol. The zero-order valence-corrected chi connectivity index (χ0v) is 13.5. The van der Waals surface area contributed by atoms with Crippen LogP contribution in [0.15, 0.2) is 24.3 Å². The Balaban J connectivity index is 1.69. The number of ether oxygens (including phenoxy) is 1.